The van der Waals surface area contributed by atoms with Crippen LogP contribution in [0.15, 0.2) is 6.07 Å². The van der Waals surface area contributed by atoms with Crippen molar-refractivity contribution in [3.05, 3.63) is 21.4 Å². The van der Waals surface area contributed by atoms with Crippen molar-refractivity contribution in [3.63, 3.8) is 0 Å². The molecule has 0 aliphatic heterocycles. The van der Waals surface area contributed by atoms with Gasteiger partial charge in [-0.3, -0.25) is 10.2 Å². The van der Waals surface area contributed by atoms with Gasteiger partial charge in [0.15, 0.2) is 0 Å². The number of rotatable bonds is 2. The Labute approximate surface area is 135 Å². The second-order valence-electron chi connectivity index (χ2n) is 6.66. The van der Waals surface area contributed by atoms with Crippen LogP contribution in [0.25, 0.3) is 0 Å². The first kappa shape index (κ1) is 16.8. The molecule has 2 amide bonds. The van der Waals surface area contributed by atoms with Crippen LogP contribution in [0.2, 0.25) is 0 Å². The topological polar surface area (TPSA) is 67.4 Å². The van der Waals surface area contributed by atoms with E-state index in [4.69, 9.17) is 4.74 Å². The average Bonchev–Trinajstić information content (AvgIpc) is 2.87. The molecule has 2 rings (SSSR count). The van der Waals surface area contributed by atoms with Gasteiger partial charge in [0, 0.05) is 4.88 Å². The third-order valence-electron chi connectivity index (χ3n) is 4.08. The van der Waals surface area contributed by atoms with Gasteiger partial charge >= 0.3 is 6.09 Å². The van der Waals surface area contributed by atoms with Crippen LogP contribution in [0.5, 0.6) is 0 Å². The summed E-state index contributed by atoms with van der Waals surface area (Å²) in [5, 5.41) is 0. The first-order chi connectivity index (χ1) is 10.3. The average molecular weight is 324 g/mol. The van der Waals surface area contributed by atoms with Crippen LogP contribution in [0, 0.1) is 11.3 Å². The Morgan fingerprint density at radius 1 is 1.36 bits per heavy atom. The number of carbonyl (C=O) groups is 2. The summed E-state index contributed by atoms with van der Waals surface area (Å²) < 4.78 is 4.70. The Balaban J connectivity index is 1.99. The summed E-state index contributed by atoms with van der Waals surface area (Å²) in [5.74, 6) is 0.350. The molecule has 22 heavy (non-hydrogen) atoms. The zero-order valence-electron chi connectivity index (χ0n) is 13.6. The molecule has 122 valence electrons. The van der Waals surface area contributed by atoms with Crippen LogP contribution < -0.4 is 10.9 Å². The molecular weight excluding hydrogens is 300 g/mol. The van der Waals surface area contributed by atoms with E-state index in [1.165, 1.54) is 28.2 Å². The zero-order valence-corrected chi connectivity index (χ0v) is 14.4. The number of carbonyl (C=O) groups excluding carboxylic acids is 2. The van der Waals surface area contributed by atoms with Gasteiger partial charge in [0.25, 0.3) is 5.91 Å². The van der Waals surface area contributed by atoms with Crippen LogP contribution in [0.3, 0.4) is 0 Å². The molecule has 5 nitrogen and oxygen atoms in total. The highest BCUT2D eigenvalue weighted by atomic mass is 32.1. The van der Waals surface area contributed by atoms with Gasteiger partial charge in [0.1, 0.15) is 0 Å². The number of thiophene rings is 1. The van der Waals surface area contributed by atoms with Crippen molar-refractivity contribution < 1.29 is 14.3 Å². The highest BCUT2D eigenvalue weighted by Gasteiger charge is 2.30. The largest absolute Gasteiger partial charge is 0.449 e. The van der Waals surface area contributed by atoms with Gasteiger partial charge in [-0.15, -0.1) is 11.3 Å². The highest BCUT2D eigenvalue weighted by Crippen LogP contribution is 2.39. The first-order valence-electron chi connectivity index (χ1n) is 7.66. The number of hydrogen-bond donors (Lipinski definition) is 2. The standard InChI is InChI=1S/C16H24N2O3S/c1-5-21-15(20)18-17-14(19)13-9-10-8-11(16(2,3)4)6-7-12(10)22-13/h9,11H,5-8H2,1-4H3,(H,17,19)(H,18,20). The first-order valence-corrected chi connectivity index (χ1v) is 8.47. The molecule has 0 saturated heterocycles. The van der Waals surface area contributed by atoms with E-state index in [0.29, 0.717) is 10.8 Å². The number of fused-ring (bicyclic) bond motifs is 1. The SMILES string of the molecule is CCOC(=O)NNC(=O)c1cc2c(s1)CCC(C(C)(C)C)C2. The lowest BCUT2D eigenvalue weighted by molar-refractivity contribution is 0.0916. The van der Waals surface area contributed by atoms with E-state index in [-0.39, 0.29) is 17.9 Å². The van der Waals surface area contributed by atoms with E-state index in [1.807, 2.05) is 6.07 Å². The van der Waals surface area contributed by atoms with Crippen molar-refractivity contribution in [2.24, 2.45) is 11.3 Å². The van der Waals surface area contributed by atoms with Crippen molar-refractivity contribution in [1.29, 1.82) is 0 Å². The lowest BCUT2D eigenvalue weighted by Crippen LogP contribution is -2.41. The van der Waals surface area contributed by atoms with Crippen molar-refractivity contribution in [1.82, 2.24) is 10.9 Å². The Kier molecular flexibility index (Phi) is 5.11. The summed E-state index contributed by atoms with van der Waals surface area (Å²) in [6, 6.07) is 1.96. The minimum absolute atomic E-state index is 0.267. The lowest BCUT2D eigenvalue weighted by Gasteiger charge is -2.33. The minimum Gasteiger partial charge on any atom is -0.449 e. The molecular formula is C16H24N2O3S. The molecule has 1 aromatic heterocycles. The monoisotopic (exact) mass is 324 g/mol. The van der Waals surface area contributed by atoms with Crippen LogP contribution in [-0.4, -0.2) is 18.6 Å². The molecule has 1 heterocycles. The van der Waals surface area contributed by atoms with E-state index in [9.17, 15) is 9.59 Å². The van der Waals surface area contributed by atoms with E-state index < -0.39 is 6.09 Å². The maximum Gasteiger partial charge on any atom is 0.426 e. The molecule has 2 N–H and O–H groups in total. The van der Waals surface area contributed by atoms with Crippen molar-refractivity contribution in [2.45, 2.75) is 47.0 Å². The predicted molar refractivity (Wildman–Crippen MR) is 86.9 cm³/mol. The van der Waals surface area contributed by atoms with Crippen molar-refractivity contribution in [3.8, 4) is 0 Å². The minimum atomic E-state index is -0.648. The number of amides is 2. The number of hydrazine groups is 1. The fourth-order valence-electron chi connectivity index (χ4n) is 2.71. The molecule has 0 radical (unpaired) electrons. The lowest BCUT2D eigenvalue weighted by atomic mass is 9.72. The van der Waals surface area contributed by atoms with Crippen LogP contribution in [0.1, 0.15) is 54.2 Å². The Hall–Kier alpha value is -1.56. The molecule has 0 spiro atoms. The normalized spacial score (nSPS) is 17.5. The molecule has 1 atom stereocenters. The van der Waals surface area contributed by atoms with E-state index >= 15 is 0 Å². The quantitative estimate of drug-likeness (QED) is 0.820. The summed E-state index contributed by atoms with van der Waals surface area (Å²) >= 11 is 1.52. The van der Waals surface area contributed by atoms with Gasteiger partial charge in [0.05, 0.1) is 11.5 Å². The molecule has 0 aromatic carbocycles. The Bertz CT molecular complexity index is 560. The van der Waals surface area contributed by atoms with Crippen LogP contribution >= 0.6 is 11.3 Å². The number of aryl methyl sites for hydroxylation is 1. The predicted octanol–water partition coefficient (Wildman–Crippen LogP) is 3.29. The summed E-state index contributed by atoms with van der Waals surface area (Å²) in [5.41, 5.74) is 6.18. The van der Waals surface area contributed by atoms with Crippen molar-refractivity contribution in [2.75, 3.05) is 6.61 Å². The number of hydrogen-bond acceptors (Lipinski definition) is 4. The van der Waals surface area contributed by atoms with Gasteiger partial charge in [0.2, 0.25) is 0 Å². The van der Waals surface area contributed by atoms with E-state index in [0.717, 1.165) is 12.8 Å². The summed E-state index contributed by atoms with van der Waals surface area (Å²) in [6.45, 7) is 8.79. The third-order valence-corrected chi connectivity index (χ3v) is 5.32. The molecule has 1 aliphatic rings. The molecule has 1 aliphatic carbocycles. The van der Waals surface area contributed by atoms with Gasteiger partial charge in [-0.25, -0.2) is 10.2 Å². The summed E-state index contributed by atoms with van der Waals surface area (Å²) in [6.07, 6.45) is 2.57. The highest BCUT2D eigenvalue weighted by molar-refractivity contribution is 7.14. The summed E-state index contributed by atoms with van der Waals surface area (Å²) in [7, 11) is 0. The molecule has 0 bridgehead atoms. The third kappa shape index (κ3) is 4.00. The van der Waals surface area contributed by atoms with Crippen LogP contribution in [0.4, 0.5) is 4.79 Å². The maximum absolute atomic E-state index is 12.1. The molecule has 1 aromatic rings. The maximum atomic E-state index is 12.1. The molecule has 0 fully saturated rings. The number of nitrogens with one attached hydrogen (secondary N) is 2. The van der Waals surface area contributed by atoms with Gasteiger partial charge in [-0.1, -0.05) is 20.8 Å². The fraction of sp³-hybridized carbons (Fsp3) is 0.625. The second kappa shape index (κ2) is 6.69. The van der Waals surface area contributed by atoms with E-state index in [2.05, 4.69) is 31.6 Å². The van der Waals surface area contributed by atoms with Crippen molar-refractivity contribution >= 4 is 23.3 Å². The molecule has 0 saturated carbocycles. The van der Waals surface area contributed by atoms with E-state index in [1.54, 1.807) is 6.92 Å². The van der Waals surface area contributed by atoms with Gasteiger partial charge < -0.3 is 4.74 Å². The fourth-order valence-corrected chi connectivity index (χ4v) is 3.81. The Morgan fingerprint density at radius 3 is 2.73 bits per heavy atom. The van der Waals surface area contributed by atoms with Gasteiger partial charge in [-0.2, -0.15) is 0 Å². The number of ether oxygens (including phenoxy) is 1. The summed E-state index contributed by atoms with van der Waals surface area (Å²) in [4.78, 5) is 25.2. The van der Waals surface area contributed by atoms with Crippen LogP contribution in [-0.2, 0) is 17.6 Å². The smallest absolute Gasteiger partial charge is 0.426 e. The second-order valence-corrected chi connectivity index (χ2v) is 7.80. The Morgan fingerprint density at radius 2 is 2.09 bits per heavy atom. The van der Waals surface area contributed by atoms with Gasteiger partial charge in [-0.05, 0) is 49.1 Å². The molecule has 1 unspecified atom stereocenters. The molecule has 6 heteroatoms. The zero-order chi connectivity index (χ0) is 16.3.